The number of ether oxygens (including phenoxy) is 9. The van der Waals surface area contributed by atoms with Crippen LogP contribution in [0.5, 0.6) is 51.7 Å². The molecule has 36 nitrogen and oxygen atoms in total. The van der Waals surface area contributed by atoms with Crippen molar-refractivity contribution < 1.29 is 101 Å². The van der Waals surface area contributed by atoms with Gasteiger partial charge in [-0.3, -0.25) is 73.5 Å². The molecule has 0 spiro atoms. The van der Waals surface area contributed by atoms with Gasteiger partial charge in [-0.25, -0.2) is 0 Å². The van der Waals surface area contributed by atoms with Crippen LogP contribution in [0.1, 0.15) is 250 Å². The molecule has 0 saturated carbocycles. The first-order valence-corrected chi connectivity index (χ1v) is 44.2. The molecule has 0 saturated heterocycles. The standard InChI is InChI=1S/3C33H40N4O8/c1-7-21(6)45-29-14-22(31(34)38)8-11-26(29)36-32(39)23-9-12-25(28(15-23)43-17-19(2)3)35-33(40)24-10-13-27(37(41)42)30(16-24)44-18-20(4)5;1-7-20(5)44-28-15-22(31(34)38)9-12-25(28)35-32(39)23-10-13-26(29(16-23)45-21(6)8-2)36-33(40)24-11-14-27(37(41)42)30(17-24)43-18-19(3)4;1-7-20(5)44-29-16-23(32(39)35-25-12-9-22(31(34)38)15-28(25)43-18-19(3)4)10-13-26(29)36-33(40)24-11-14-27(37(41)42)30(17-24)45-21(6)8-2/h8-16,19-21H,7,17-18H2,1-6H3,(H2,34,38)(H,35,40)(H,36,39);2*9-17,19-21H,7-8,18H2,1-6H3,(H2,34,38)(H,35,39)(H,36,40). The molecule has 0 heterocycles. The van der Waals surface area contributed by atoms with Crippen LogP contribution in [-0.2, 0) is 0 Å². The quantitative estimate of drug-likeness (QED) is 0.0126. The number of nitrogens with zero attached hydrogens (tertiary/aromatic N) is 3. The summed E-state index contributed by atoms with van der Waals surface area (Å²) in [6, 6.07) is 39.0. The van der Waals surface area contributed by atoms with Gasteiger partial charge in [0.25, 0.3) is 35.4 Å². The lowest BCUT2D eigenvalue weighted by Gasteiger charge is -2.19. The van der Waals surface area contributed by atoms with Crippen LogP contribution >= 0.6 is 0 Å². The van der Waals surface area contributed by atoms with E-state index in [1.54, 1.807) is 37.3 Å². The van der Waals surface area contributed by atoms with Gasteiger partial charge in [0.2, 0.25) is 17.7 Å². The predicted octanol–water partition coefficient (Wildman–Crippen LogP) is 19.6. The smallest absolute Gasteiger partial charge is 0.310 e. The lowest BCUT2D eigenvalue weighted by atomic mass is 10.1. The first-order chi connectivity index (χ1) is 63.9. The van der Waals surface area contributed by atoms with Gasteiger partial charge in [0.1, 0.15) is 34.5 Å². The number of hydrogen-bond donors (Lipinski definition) is 9. The zero-order chi connectivity index (χ0) is 99.8. The van der Waals surface area contributed by atoms with Gasteiger partial charge in [-0.05, 0) is 218 Å². The van der Waals surface area contributed by atoms with E-state index in [0.717, 1.165) is 0 Å². The van der Waals surface area contributed by atoms with Crippen LogP contribution in [0, 0.1) is 54.0 Å². The van der Waals surface area contributed by atoms with Crippen molar-refractivity contribution in [3.05, 3.63) is 244 Å². The number of carbonyl (C=O) groups excluding carboxylic acids is 9. The Morgan fingerprint density at radius 1 is 0.252 bits per heavy atom. The fourth-order valence-electron chi connectivity index (χ4n) is 11.7. The molecule has 0 aliphatic heterocycles. The van der Waals surface area contributed by atoms with E-state index in [0.29, 0.717) is 96.7 Å². The van der Waals surface area contributed by atoms with E-state index in [-0.39, 0.29) is 169 Å². The normalized spacial score (nSPS) is 12.0. The van der Waals surface area contributed by atoms with E-state index in [9.17, 15) is 73.5 Å². The summed E-state index contributed by atoms with van der Waals surface area (Å²) in [5, 5.41) is 51.3. The summed E-state index contributed by atoms with van der Waals surface area (Å²) in [6.45, 7) is 35.5. The Balaban J connectivity index is 0.000000276. The van der Waals surface area contributed by atoms with Crippen LogP contribution in [0.15, 0.2) is 164 Å². The minimum Gasteiger partial charge on any atom is -0.491 e. The maximum absolute atomic E-state index is 13.4. The molecule has 0 aliphatic carbocycles. The Kier molecular flexibility index (Phi) is 40.2. The first kappa shape index (κ1) is 107. The van der Waals surface area contributed by atoms with Gasteiger partial charge in [0.05, 0.1) is 106 Å². The fourth-order valence-corrected chi connectivity index (χ4v) is 11.7. The predicted molar refractivity (Wildman–Crippen MR) is 514 cm³/mol. The summed E-state index contributed by atoms with van der Waals surface area (Å²) in [7, 11) is 0. The minimum absolute atomic E-state index is 0.00861. The second-order valence-corrected chi connectivity index (χ2v) is 33.4. The summed E-state index contributed by atoms with van der Waals surface area (Å²) in [4.78, 5) is 148. The summed E-state index contributed by atoms with van der Waals surface area (Å²) in [5.74, 6) is -2.76. The molecule has 9 rings (SSSR count). The highest BCUT2D eigenvalue weighted by molar-refractivity contribution is 6.11. The van der Waals surface area contributed by atoms with Gasteiger partial charge < -0.3 is 91.7 Å². The number of nitrogens with two attached hydrogens (primary N) is 3. The van der Waals surface area contributed by atoms with E-state index >= 15 is 0 Å². The molecule has 720 valence electrons. The summed E-state index contributed by atoms with van der Waals surface area (Å²) in [6.07, 6.45) is 2.18. The molecule has 0 aromatic heterocycles. The van der Waals surface area contributed by atoms with Crippen LogP contribution in [0.3, 0.4) is 0 Å². The maximum atomic E-state index is 13.4. The number of nitro groups is 3. The molecule has 9 amide bonds. The largest absolute Gasteiger partial charge is 0.491 e. The van der Waals surface area contributed by atoms with E-state index in [2.05, 4.69) is 31.9 Å². The monoisotopic (exact) mass is 1860 g/mol. The molecule has 0 bridgehead atoms. The van der Waals surface area contributed by atoms with Crippen LogP contribution in [0.4, 0.5) is 51.2 Å². The molecule has 36 heteroatoms. The average molecular weight is 1860 g/mol. The molecule has 5 atom stereocenters. The Hall–Kier alpha value is -15.4. The van der Waals surface area contributed by atoms with Crippen molar-refractivity contribution in [2.24, 2.45) is 40.9 Å². The van der Waals surface area contributed by atoms with Crippen molar-refractivity contribution in [3.8, 4) is 51.7 Å². The van der Waals surface area contributed by atoms with Gasteiger partial charge in [-0.2, -0.15) is 0 Å². The van der Waals surface area contributed by atoms with Crippen LogP contribution in [-0.4, -0.2) is 125 Å². The van der Waals surface area contributed by atoms with Crippen molar-refractivity contribution in [1.29, 1.82) is 0 Å². The SMILES string of the molecule is CCC(C)Oc1cc(C(=O)Nc2ccc(C(N)=O)cc2OCC(C)C)ccc1NC(=O)c1ccc([N+](=O)[O-])c(OC(C)CC)c1.CCC(C)Oc1cc(C(N)=O)ccc1NC(=O)c1ccc(NC(=O)c2ccc([N+](=O)[O-])c(OCC(C)C)c2)c(OC(C)CC)c1.CCC(C)Oc1cc(C(N)=O)ccc1NC(=O)c1ccc(NC(=O)c2ccc([N+](=O)[O-])c(OCC(C)C)c2)c(OCC(C)C)c1. The highest BCUT2D eigenvalue weighted by Crippen LogP contribution is 2.39. The van der Waals surface area contributed by atoms with Crippen molar-refractivity contribution >= 4 is 104 Å². The molecule has 0 aliphatic rings. The number of primary amides is 3. The van der Waals surface area contributed by atoms with Gasteiger partial charge in [-0.1, -0.05) is 90.0 Å². The Morgan fingerprint density at radius 3 is 0.630 bits per heavy atom. The van der Waals surface area contributed by atoms with Gasteiger partial charge in [0.15, 0.2) is 17.2 Å². The third-order valence-corrected chi connectivity index (χ3v) is 20.1. The number of anilines is 6. The first-order valence-electron chi connectivity index (χ1n) is 44.2. The topological polar surface area (TPSA) is 516 Å². The highest BCUT2D eigenvalue weighted by atomic mass is 16.6. The zero-order valence-corrected chi connectivity index (χ0v) is 79.0. The number of nitrogens with one attached hydrogen (secondary N) is 6. The second kappa shape index (κ2) is 50.9. The van der Waals surface area contributed by atoms with Crippen molar-refractivity contribution in [1.82, 2.24) is 0 Å². The zero-order valence-electron chi connectivity index (χ0n) is 79.0. The van der Waals surface area contributed by atoms with E-state index in [1.165, 1.54) is 133 Å². The summed E-state index contributed by atoms with van der Waals surface area (Å²) >= 11 is 0. The van der Waals surface area contributed by atoms with E-state index < -0.39 is 67.9 Å². The molecular weight excluding hydrogens is 1740 g/mol. The van der Waals surface area contributed by atoms with Gasteiger partial charge in [0, 0.05) is 86.5 Å². The Bertz CT molecular complexity index is 5750. The number of carbonyl (C=O) groups is 9. The summed E-state index contributed by atoms with van der Waals surface area (Å²) < 4.78 is 52.7. The third-order valence-electron chi connectivity index (χ3n) is 20.1. The minimum atomic E-state index is -0.626. The fraction of sp³-hybridized carbons (Fsp3) is 0.364. The number of nitro benzene ring substituents is 3. The molecule has 9 aromatic carbocycles. The molecular formula is C99H120N12O24. The highest BCUT2D eigenvalue weighted by Gasteiger charge is 2.28. The van der Waals surface area contributed by atoms with Gasteiger partial charge >= 0.3 is 17.1 Å². The third kappa shape index (κ3) is 32.3. The number of amides is 9. The number of hydrogen-bond acceptors (Lipinski definition) is 24. The maximum Gasteiger partial charge on any atom is 0.310 e. The van der Waals surface area contributed by atoms with Crippen LogP contribution in [0.2, 0.25) is 0 Å². The lowest BCUT2D eigenvalue weighted by Crippen LogP contribution is -2.19. The molecule has 9 aromatic rings. The van der Waals surface area contributed by atoms with Crippen LogP contribution < -0.4 is 91.7 Å². The second-order valence-electron chi connectivity index (χ2n) is 33.4. The molecule has 0 fully saturated rings. The number of rotatable bonds is 45. The van der Waals surface area contributed by atoms with Gasteiger partial charge in [-0.15, -0.1) is 0 Å². The van der Waals surface area contributed by atoms with Crippen LogP contribution in [0.25, 0.3) is 0 Å². The van der Waals surface area contributed by atoms with E-state index in [4.69, 9.17) is 59.8 Å². The molecule has 135 heavy (non-hydrogen) atoms. The summed E-state index contributed by atoms with van der Waals surface area (Å²) in [5.41, 5.74) is 19.3. The average Bonchev–Trinajstić information content (AvgIpc) is 0.810. The number of benzene rings is 9. The van der Waals surface area contributed by atoms with Crippen molar-refractivity contribution in [2.75, 3.05) is 58.3 Å². The van der Waals surface area contributed by atoms with Crippen molar-refractivity contribution in [3.63, 3.8) is 0 Å². The molecule has 5 unspecified atom stereocenters. The van der Waals surface area contributed by atoms with Crippen molar-refractivity contribution in [2.45, 2.75) is 187 Å². The lowest BCUT2D eigenvalue weighted by molar-refractivity contribution is -0.386. The molecule has 0 radical (unpaired) electrons. The van der Waals surface area contributed by atoms with E-state index in [1.807, 2.05) is 118 Å². The Labute approximate surface area is 783 Å². The molecule has 12 N–H and O–H groups in total. The Morgan fingerprint density at radius 2 is 0.415 bits per heavy atom.